The van der Waals surface area contributed by atoms with Gasteiger partial charge in [0.1, 0.15) is 0 Å². The fraction of sp³-hybridized carbons (Fsp3) is 0.357. The number of hydrogen-bond donors (Lipinski definition) is 1. The zero-order chi connectivity index (χ0) is 12.4. The van der Waals surface area contributed by atoms with Crippen LogP contribution in [0.1, 0.15) is 24.2 Å². The lowest BCUT2D eigenvalue weighted by Gasteiger charge is -2.04. The van der Waals surface area contributed by atoms with E-state index in [1.165, 1.54) is 11.1 Å². The van der Waals surface area contributed by atoms with Gasteiger partial charge in [-0.2, -0.15) is 5.10 Å². The molecular formula is C14H19N3. The molecule has 1 aromatic carbocycles. The Labute approximate surface area is 102 Å². The van der Waals surface area contributed by atoms with Gasteiger partial charge in [-0.3, -0.25) is 4.68 Å². The van der Waals surface area contributed by atoms with Crippen LogP contribution >= 0.6 is 0 Å². The molecule has 1 N–H and O–H groups in total. The van der Waals surface area contributed by atoms with Gasteiger partial charge >= 0.3 is 0 Å². The van der Waals surface area contributed by atoms with E-state index in [1.54, 1.807) is 0 Å². The Morgan fingerprint density at radius 2 is 1.88 bits per heavy atom. The van der Waals surface area contributed by atoms with E-state index in [2.05, 4.69) is 54.6 Å². The molecule has 2 rings (SSSR count). The maximum atomic E-state index is 4.53. The molecule has 3 nitrogen and oxygen atoms in total. The van der Waals surface area contributed by atoms with Crippen molar-refractivity contribution in [3.05, 3.63) is 41.6 Å². The van der Waals surface area contributed by atoms with Crippen LogP contribution in [-0.2, 0) is 7.05 Å². The Hall–Kier alpha value is -1.61. The summed E-state index contributed by atoms with van der Waals surface area (Å²) in [7, 11) is 3.94. The largest absolute Gasteiger partial charge is 0.312 e. The first-order valence-electron chi connectivity index (χ1n) is 5.90. The van der Waals surface area contributed by atoms with Crippen molar-refractivity contribution in [2.75, 3.05) is 7.05 Å². The lowest BCUT2D eigenvalue weighted by atomic mass is 10.1. The monoisotopic (exact) mass is 229 g/mol. The van der Waals surface area contributed by atoms with E-state index in [-0.39, 0.29) is 6.04 Å². The van der Waals surface area contributed by atoms with E-state index in [0.717, 1.165) is 11.4 Å². The van der Waals surface area contributed by atoms with Crippen molar-refractivity contribution in [3.63, 3.8) is 0 Å². The molecule has 1 heterocycles. The summed E-state index contributed by atoms with van der Waals surface area (Å²) in [5.41, 5.74) is 4.72. The van der Waals surface area contributed by atoms with Gasteiger partial charge in [-0.15, -0.1) is 0 Å². The third-order valence-corrected chi connectivity index (χ3v) is 3.12. The van der Waals surface area contributed by atoms with Crippen molar-refractivity contribution in [2.45, 2.75) is 19.9 Å². The molecule has 1 atom stereocenters. The highest BCUT2D eigenvalue weighted by atomic mass is 15.3. The molecule has 1 unspecified atom stereocenters. The molecule has 0 saturated carbocycles. The van der Waals surface area contributed by atoms with E-state index in [4.69, 9.17) is 0 Å². The summed E-state index contributed by atoms with van der Waals surface area (Å²) < 4.78 is 1.94. The molecule has 0 fully saturated rings. The number of rotatable bonds is 3. The molecule has 1 aromatic heterocycles. The molecule has 17 heavy (non-hydrogen) atoms. The first-order chi connectivity index (χ1) is 8.11. The molecule has 0 aliphatic heterocycles. The smallest absolute Gasteiger partial charge is 0.0797 e. The summed E-state index contributed by atoms with van der Waals surface area (Å²) in [6, 6.07) is 11.0. The van der Waals surface area contributed by atoms with Crippen LogP contribution in [0.4, 0.5) is 0 Å². The van der Waals surface area contributed by atoms with Crippen LogP contribution in [0.5, 0.6) is 0 Å². The Bertz CT molecular complexity index is 497. The average Bonchev–Trinajstić information content (AvgIpc) is 2.71. The fourth-order valence-corrected chi connectivity index (χ4v) is 1.84. The SMILES string of the molecule is CNC(C)c1cc(-c2ccc(C)cc2)n(C)n1. The highest BCUT2D eigenvalue weighted by Crippen LogP contribution is 2.22. The van der Waals surface area contributed by atoms with Crippen LogP contribution in [0, 0.1) is 6.92 Å². The number of aromatic nitrogens is 2. The van der Waals surface area contributed by atoms with Crippen molar-refractivity contribution in [2.24, 2.45) is 7.05 Å². The molecule has 0 aliphatic rings. The van der Waals surface area contributed by atoms with Crippen molar-refractivity contribution in [1.82, 2.24) is 15.1 Å². The molecule has 0 amide bonds. The van der Waals surface area contributed by atoms with E-state index in [9.17, 15) is 0 Å². The van der Waals surface area contributed by atoms with Gasteiger partial charge in [0.05, 0.1) is 11.4 Å². The lowest BCUT2D eigenvalue weighted by molar-refractivity contribution is 0.612. The van der Waals surface area contributed by atoms with E-state index < -0.39 is 0 Å². The van der Waals surface area contributed by atoms with E-state index >= 15 is 0 Å². The standard InChI is InChI=1S/C14H19N3/c1-10-5-7-12(8-6-10)14-9-13(11(2)15-3)16-17(14)4/h5-9,11,15H,1-4H3. The number of nitrogens with zero attached hydrogens (tertiary/aromatic N) is 2. The van der Waals surface area contributed by atoms with Crippen LogP contribution < -0.4 is 5.32 Å². The number of aryl methyl sites for hydroxylation is 2. The summed E-state index contributed by atoms with van der Waals surface area (Å²) in [5, 5.41) is 7.74. The van der Waals surface area contributed by atoms with Crippen LogP contribution in [-0.4, -0.2) is 16.8 Å². The maximum absolute atomic E-state index is 4.53. The van der Waals surface area contributed by atoms with Crippen molar-refractivity contribution >= 4 is 0 Å². The Balaban J connectivity index is 2.39. The molecular weight excluding hydrogens is 210 g/mol. The third-order valence-electron chi connectivity index (χ3n) is 3.12. The second-order valence-corrected chi connectivity index (χ2v) is 4.45. The quantitative estimate of drug-likeness (QED) is 0.877. The number of nitrogens with one attached hydrogen (secondary N) is 1. The zero-order valence-electron chi connectivity index (χ0n) is 10.9. The predicted molar refractivity (Wildman–Crippen MR) is 70.9 cm³/mol. The van der Waals surface area contributed by atoms with Crippen LogP contribution in [0.15, 0.2) is 30.3 Å². The highest BCUT2D eigenvalue weighted by Gasteiger charge is 2.11. The number of hydrogen-bond acceptors (Lipinski definition) is 2. The third kappa shape index (κ3) is 2.39. The van der Waals surface area contributed by atoms with Crippen LogP contribution in [0.3, 0.4) is 0 Å². The maximum Gasteiger partial charge on any atom is 0.0797 e. The van der Waals surface area contributed by atoms with Crippen LogP contribution in [0.25, 0.3) is 11.3 Å². The van der Waals surface area contributed by atoms with E-state index in [1.807, 2.05) is 18.8 Å². The van der Waals surface area contributed by atoms with Gasteiger partial charge in [-0.1, -0.05) is 29.8 Å². The topological polar surface area (TPSA) is 29.9 Å². The lowest BCUT2D eigenvalue weighted by Crippen LogP contribution is -2.13. The van der Waals surface area contributed by atoms with Crippen molar-refractivity contribution in [1.29, 1.82) is 0 Å². The fourth-order valence-electron chi connectivity index (χ4n) is 1.84. The second kappa shape index (κ2) is 4.72. The molecule has 0 radical (unpaired) electrons. The van der Waals surface area contributed by atoms with Gasteiger partial charge in [-0.05, 0) is 32.5 Å². The molecule has 90 valence electrons. The Morgan fingerprint density at radius 3 is 2.47 bits per heavy atom. The van der Waals surface area contributed by atoms with Crippen LogP contribution in [0.2, 0.25) is 0 Å². The van der Waals surface area contributed by atoms with Crippen molar-refractivity contribution < 1.29 is 0 Å². The average molecular weight is 229 g/mol. The van der Waals surface area contributed by atoms with E-state index in [0.29, 0.717) is 0 Å². The second-order valence-electron chi connectivity index (χ2n) is 4.45. The molecule has 0 saturated heterocycles. The summed E-state index contributed by atoms with van der Waals surface area (Å²) in [6.45, 7) is 4.21. The molecule has 3 heteroatoms. The minimum absolute atomic E-state index is 0.278. The van der Waals surface area contributed by atoms with Gasteiger partial charge in [0.2, 0.25) is 0 Å². The summed E-state index contributed by atoms with van der Waals surface area (Å²) >= 11 is 0. The Morgan fingerprint density at radius 1 is 1.24 bits per heavy atom. The van der Waals surface area contributed by atoms with Crippen molar-refractivity contribution in [3.8, 4) is 11.3 Å². The first-order valence-corrected chi connectivity index (χ1v) is 5.90. The molecule has 2 aromatic rings. The highest BCUT2D eigenvalue weighted by molar-refractivity contribution is 5.60. The summed E-state index contributed by atoms with van der Waals surface area (Å²) in [4.78, 5) is 0. The van der Waals surface area contributed by atoms with Gasteiger partial charge in [-0.25, -0.2) is 0 Å². The summed E-state index contributed by atoms with van der Waals surface area (Å²) in [5.74, 6) is 0. The molecule has 0 bridgehead atoms. The zero-order valence-corrected chi connectivity index (χ0v) is 10.9. The normalized spacial score (nSPS) is 12.7. The Kier molecular flexibility index (Phi) is 3.29. The molecule has 0 aliphatic carbocycles. The van der Waals surface area contributed by atoms with Gasteiger partial charge in [0.25, 0.3) is 0 Å². The summed E-state index contributed by atoms with van der Waals surface area (Å²) in [6.07, 6.45) is 0. The van der Waals surface area contributed by atoms with Gasteiger partial charge < -0.3 is 5.32 Å². The predicted octanol–water partition coefficient (Wildman–Crippen LogP) is 2.68. The van der Waals surface area contributed by atoms with Gasteiger partial charge in [0, 0.05) is 13.1 Å². The number of benzene rings is 1. The minimum atomic E-state index is 0.278. The minimum Gasteiger partial charge on any atom is -0.312 e. The van der Waals surface area contributed by atoms with Gasteiger partial charge in [0.15, 0.2) is 0 Å². The first kappa shape index (κ1) is 11.9. The molecule has 0 spiro atoms.